The normalized spacial score (nSPS) is 20.7. The second-order valence-electron chi connectivity index (χ2n) is 4.72. The molecule has 0 spiro atoms. The quantitative estimate of drug-likeness (QED) is 0.752. The number of hydrogen-bond donors (Lipinski definition) is 1. The van der Waals surface area contributed by atoms with Crippen LogP contribution in [-0.4, -0.2) is 60.0 Å². The molecule has 0 bridgehead atoms. The lowest BCUT2D eigenvalue weighted by molar-refractivity contribution is -0.137. The zero-order valence-electron chi connectivity index (χ0n) is 10.2. The van der Waals surface area contributed by atoms with Crippen LogP contribution in [0.5, 0.6) is 0 Å². The topological polar surface area (TPSA) is 61.4 Å². The number of carbonyl (C=O) groups excluding carboxylic acids is 1. The van der Waals surface area contributed by atoms with Gasteiger partial charge in [0.15, 0.2) is 0 Å². The van der Waals surface area contributed by atoms with Crippen LogP contribution in [0.25, 0.3) is 0 Å². The van der Waals surface area contributed by atoms with Crippen LogP contribution in [0.2, 0.25) is 0 Å². The molecule has 0 atom stereocenters. The van der Waals surface area contributed by atoms with Gasteiger partial charge in [-0.1, -0.05) is 0 Å². The van der Waals surface area contributed by atoms with Gasteiger partial charge in [0, 0.05) is 51.7 Å². The van der Waals surface area contributed by atoms with Gasteiger partial charge in [-0.15, -0.1) is 0 Å². The van der Waals surface area contributed by atoms with Crippen LogP contribution in [-0.2, 0) is 4.79 Å². The molecular formula is C12H17N5O. The first-order chi connectivity index (χ1) is 8.84. The second-order valence-corrected chi connectivity index (χ2v) is 4.72. The summed E-state index contributed by atoms with van der Waals surface area (Å²) in [6.45, 7) is 4.84. The Morgan fingerprint density at radius 2 is 1.83 bits per heavy atom. The molecule has 3 rings (SSSR count). The van der Waals surface area contributed by atoms with Crippen LogP contribution < -0.4 is 10.2 Å². The third kappa shape index (κ3) is 2.15. The number of hydrogen-bond acceptors (Lipinski definition) is 5. The Morgan fingerprint density at radius 3 is 2.39 bits per heavy atom. The van der Waals surface area contributed by atoms with Crippen molar-refractivity contribution in [3.63, 3.8) is 0 Å². The Kier molecular flexibility index (Phi) is 3.10. The number of amides is 1. The fourth-order valence-electron chi connectivity index (χ4n) is 2.30. The number of carbonyl (C=O) groups is 1. The predicted molar refractivity (Wildman–Crippen MR) is 67.2 cm³/mol. The molecule has 0 saturated carbocycles. The Labute approximate surface area is 106 Å². The van der Waals surface area contributed by atoms with Crippen molar-refractivity contribution in [3.05, 3.63) is 18.5 Å². The fraction of sp³-hybridized carbons (Fsp3) is 0.583. The van der Waals surface area contributed by atoms with E-state index in [1.807, 2.05) is 11.0 Å². The molecule has 2 saturated heterocycles. The van der Waals surface area contributed by atoms with E-state index in [1.54, 1.807) is 12.4 Å². The number of aromatic nitrogens is 2. The van der Waals surface area contributed by atoms with E-state index in [4.69, 9.17) is 0 Å². The second kappa shape index (κ2) is 4.89. The van der Waals surface area contributed by atoms with E-state index in [-0.39, 0.29) is 5.92 Å². The maximum absolute atomic E-state index is 12.1. The van der Waals surface area contributed by atoms with Crippen molar-refractivity contribution in [1.29, 1.82) is 0 Å². The average molecular weight is 247 g/mol. The first-order valence-corrected chi connectivity index (χ1v) is 6.36. The molecule has 1 aromatic heterocycles. The lowest BCUT2D eigenvalue weighted by Crippen LogP contribution is -2.56. The standard InChI is InChI=1S/C12H17N5O/c18-11(10-8-13-9-10)16-4-6-17(7-5-16)12-14-2-1-3-15-12/h1-3,10,13H,4-9H2. The highest BCUT2D eigenvalue weighted by Gasteiger charge is 2.31. The number of nitrogens with zero attached hydrogens (tertiary/aromatic N) is 4. The van der Waals surface area contributed by atoms with Gasteiger partial charge in [0.1, 0.15) is 0 Å². The highest BCUT2D eigenvalue weighted by atomic mass is 16.2. The van der Waals surface area contributed by atoms with Crippen molar-refractivity contribution in [2.45, 2.75) is 0 Å². The van der Waals surface area contributed by atoms with Crippen molar-refractivity contribution in [3.8, 4) is 0 Å². The van der Waals surface area contributed by atoms with Crippen LogP contribution in [0.1, 0.15) is 0 Å². The monoisotopic (exact) mass is 247 g/mol. The van der Waals surface area contributed by atoms with E-state index in [9.17, 15) is 4.79 Å². The molecule has 6 heteroatoms. The molecular weight excluding hydrogens is 230 g/mol. The van der Waals surface area contributed by atoms with Crippen molar-refractivity contribution in [2.24, 2.45) is 5.92 Å². The molecule has 0 aliphatic carbocycles. The summed E-state index contributed by atoms with van der Waals surface area (Å²) in [7, 11) is 0. The van der Waals surface area contributed by atoms with Crippen molar-refractivity contribution in [1.82, 2.24) is 20.2 Å². The Morgan fingerprint density at radius 1 is 1.17 bits per heavy atom. The number of nitrogens with one attached hydrogen (secondary N) is 1. The first kappa shape index (κ1) is 11.4. The number of rotatable bonds is 2. The van der Waals surface area contributed by atoms with E-state index >= 15 is 0 Å². The van der Waals surface area contributed by atoms with Gasteiger partial charge in [0.05, 0.1) is 5.92 Å². The van der Waals surface area contributed by atoms with Crippen molar-refractivity contribution in [2.75, 3.05) is 44.2 Å². The molecule has 1 aromatic rings. The maximum Gasteiger partial charge on any atom is 0.228 e. The molecule has 18 heavy (non-hydrogen) atoms. The molecule has 2 fully saturated rings. The first-order valence-electron chi connectivity index (χ1n) is 6.36. The Bertz CT molecular complexity index is 412. The summed E-state index contributed by atoms with van der Waals surface area (Å²) in [6.07, 6.45) is 3.50. The van der Waals surface area contributed by atoms with E-state index in [1.165, 1.54) is 0 Å². The summed E-state index contributed by atoms with van der Waals surface area (Å²) in [5.74, 6) is 1.25. The summed E-state index contributed by atoms with van der Waals surface area (Å²) in [4.78, 5) is 24.6. The van der Waals surface area contributed by atoms with Crippen molar-refractivity contribution < 1.29 is 4.79 Å². The summed E-state index contributed by atoms with van der Waals surface area (Å²) >= 11 is 0. The third-order valence-corrected chi connectivity index (χ3v) is 3.56. The van der Waals surface area contributed by atoms with Gasteiger partial charge < -0.3 is 15.1 Å². The molecule has 0 unspecified atom stereocenters. The molecule has 96 valence electrons. The zero-order valence-corrected chi connectivity index (χ0v) is 10.2. The van der Waals surface area contributed by atoms with E-state index < -0.39 is 0 Å². The van der Waals surface area contributed by atoms with E-state index in [0.29, 0.717) is 5.91 Å². The SMILES string of the molecule is O=C(C1CNC1)N1CCN(c2ncccn2)CC1. The molecule has 3 heterocycles. The van der Waals surface area contributed by atoms with Crippen LogP contribution >= 0.6 is 0 Å². The minimum absolute atomic E-state index is 0.199. The molecule has 2 aliphatic rings. The zero-order chi connectivity index (χ0) is 12.4. The Hall–Kier alpha value is -1.69. The molecule has 1 amide bonds. The highest BCUT2D eigenvalue weighted by Crippen LogP contribution is 2.13. The van der Waals surface area contributed by atoms with Gasteiger partial charge in [-0.2, -0.15) is 0 Å². The lowest BCUT2D eigenvalue weighted by Gasteiger charge is -2.38. The van der Waals surface area contributed by atoms with Gasteiger partial charge >= 0.3 is 0 Å². The minimum atomic E-state index is 0.199. The van der Waals surface area contributed by atoms with Crippen LogP contribution in [0.15, 0.2) is 18.5 Å². The van der Waals surface area contributed by atoms with E-state index in [0.717, 1.165) is 45.2 Å². The number of anilines is 1. The van der Waals surface area contributed by atoms with Crippen LogP contribution in [0.4, 0.5) is 5.95 Å². The van der Waals surface area contributed by atoms with Gasteiger partial charge in [0.25, 0.3) is 0 Å². The summed E-state index contributed by atoms with van der Waals surface area (Å²) in [6, 6.07) is 1.81. The smallest absolute Gasteiger partial charge is 0.228 e. The Balaban J connectivity index is 1.56. The van der Waals surface area contributed by atoms with E-state index in [2.05, 4.69) is 20.2 Å². The molecule has 0 aromatic carbocycles. The molecule has 2 aliphatic heterocycles. The summed E-state index contributed by atoms with van der Waals surface area (Å²) < 4.78 is 0. The molecule has 1 N–H and O–H groups in total. The lowest BCUT2D eigenvalue weighted by atomic mass is 10.0. The van der Waals surface area contributed by atoms with Gasteiger partial charge in [-0.25, -0.2) is 9.97 Å². The fourth-order valence-corrected chi connectivity index (χ4v) is 2.30. The largest absolute Gasteiger partial charge is 0.339 e. The summed E-state index contributed by atoms with van der Waals surface area (Å²) in [5.41, 5.74) is 0. The van der Waals surface area contributed by atoms with Crippen molar-refractivity contribution >= 4 is 11.9 Å². The van der Waals surface area contributed by atoms with Crippen LogP contribution in [0.3, 0.4) is 0 Å². The third-order valence-electron chi connectivity index (χ3n) is 3.56. The highest BCUT2D eigenvalue weighted by molar-refractivity contribution is 5.80. The van der Waals surface area contributed by atoms with Gasteiger partial charge in [-0.3, -0.25) is 4.79 Å². The number of piperazine rings is 1. The average Bonchev–Trinajstić information content (AvgIpc) is 2.38. The van der Waals surface area contributed by atoms with Gasteiger partial charge in [0.2, 0.25) is 11.9 Å². The van der Waals surface area contributed by atoms with Crippen LogP contribution in [0, 0.1) is 5.92 Å². The molecule has 0 radical (unpaired) electrons. The predicted octanol–water partition coefficient (Wildman–Crippen LogP) is -0.655. The van der Waals surface area contributed by atoms with Gasteiger partial charge in [-0.05, 0) is 6.07 Å². The summed E-state index contributed by atoms with van der Waals surface area (Å²) in [5, 5.41) is 3.14. The minimum Gasteiger partial charge on any atom is -0.339 e. The molecule has 6 nitrogen and oxygen atoms in total. The maximum atomic E-state index is 12.1.